The maximum atomic E-state index is 12.2. The Labute approximate surface area is 146 Å². The molecule has 2 amide bonds. The maximum Gasteiger partial charge on any atom is 0.276 e. The van der Waals surface area contributed by atoms with Crippen LogP contribution in [0.4, 0.5) is 0 Å². The van der Waals surface area contributed by atoms with Gasteiger partial charge in [-0.3, -0.25) is 20.4 Å². The number of aryl methyl sites for hydroxylation is 3. The molecule has 7 heteroatoms. The van der Waals surface area contributed by atoms with Gasteiger partial charge in [-0.05, 0) is 44.0 Å². The fourth-order valence-corrected chi connectivity index (χ4v) is 2.24. The minimum atomic E-state index is -0.470. The van der Waals surface area contributed by atoms with Crippen LogP contribution >= 0.6 is 0 Å². The summed E-state index contributed by atoms with van der Waals surface area (Å²) in [6.45, 7) is 9.23. The summed E-state index contributed by atoms with van der Waals surface area (Å²) in [5, 5.41) is 3.80. The average molecular weight is 345 g/mol. The molecule has 2 N–H and O–H groups in total. The van der Waals surface area contributed by atoms with Gasteiger partial charge in [-0.1, -0.05) is 25.1 Å². The number of aromatic nitrogens is 1. The average Bonchev–Trinajstić information content (AvgIpc) is 2.95. The molecule has 0 radical (unpaired) electrons. The second-order valence-electron chi connectivity index (χ2n) is 6.20. The van der Waals surface area contributed by atoms with Gasteiger partial charge in [-0.2, -0.15) is 0 Å². The number of carbonyl (C=O) groups is 2. The Morgan fingerprint density at radius 2 is 1.88 bits per heavy atom. The quantitative estimate of drug-likeness (QED) is 0.812. The van der Waals surface area contributed by atoms with E-state index in [4.69, 9.17) is 9.26 Å². The van der Waals surface area contributed by atoms with Crippen molar-refractivity contribution in [3.63, 3.8) is 0 Å². The van der Waals surface area contributed by atoms with Crippen molar-refractivity contribution in [3.8, 4) is 5.75 Å². The third kappa shape index (κ3) is 4.59. The van der Waals surface area contributed by atoms with Gasteiger partial charge in [-0.25, -0.2) is 0 Å². The number of nitrogens with one attached hydrogen (secondary N) is 2. The number of hydrogen-bond acceptors (Lipinski definition) is 5. The highest BCUT2D eigenvalue weighted by molar-refractivity contribution is 5.97. The molecular formula is C18H23N3O4. The van der Waals surface area contributed by atoms with E-state index in [1.165, 1.54) is 0 Å². The van der Waals surface area contributed by atoms with E-state index in [1.807, 2.05) is 39.8 Å². The van der Waals surface area contributed by atoms with E-state index in [9.17, 15) is 9.59 Å². The summed E-state index contributed by atoms with van der Waals surface area (Å²) in [6.07, 6.45) is 0. The number of benzene rings is 1. The first-order chi connectivity index (χ1) is 11.8. The van der Waals surface area contributed by atoms with Gasteiger partial charge < -0.3 is 9.26 Å². The van der Waals surface area contributed by atoms with Gasteiger partial charge in [-0.15, -0.1) is 0 Å². The summed E-state index contributed by atoms with van der Waals surface area (Å²) in [5.41, 5.74) is 7.73. The van der Waals surface area contributed by atoms with Crippen molar-refractivity contribution in [2.24, 2.45) is 0 Å². The summed E-state index contributed by atoms with van der Waals surface area (Å²) in [6, 6.07) is 5.58. The number of amides is 2. The molecule has 2 aromatic rings. The highest BCUT2D eigenvalue weighted by Crippen LogP contribution is 2.21. The maximum absolute atomic E-state index is 12.2. The van der Waals surface area contributed by atoms with Crippen LogP contribution in [0.15, 0.2) is 22.7 Å². The van der Waals surface area contributed by atoms with Crippen molar-refractivity contribution in [2.75, 3.05) is 6.61 Å². The third-order valence-electron chi connectivity index (χ3n) is 3.80. The van der Waals surface area contributed by atoms with Crippen LogP contribution in [-0.2, 0) is 4.79 Å². The Hall–Kier alpha value is -2.83. The molecule has 0 fully saturated rings. The molecule has 0 saturated carbocycles. The number of rotatable bonds is 5. The molecule has 0 aliphatic heterocycles. The SMILES string of the molecule is Cc1ccc(OCC(=O)NNC(=O)c2c(C)noc2C(C)C)cc1C. The van der Waals surface area contributed by atoms with E-state index in [-0.39, 0.29) is 12.5 Å². The van der Waals surface area contributed by atoms with E-state index in [2.05, 4.69) is 16.0 Å². The summed E-state index contributed by atoms with van der Waals surface area (Å²) < 4.78 is 10.6. The van der Waals surface area contributed by atoms with Crippen molar-refractivity contribution in [1.29, 1.82) is 0 Å². The van der Waals surface area contributed by atoms with Crippen LogP contribution in [0.5, 0.6) is 5.75 Å². The number of carbonyl (C=O) groups excluding carboxylic acids is 2. The highest BCUT2D eigenvalue weighted by Gasteiger charge is 2.22. The normalized spacial score (nSPS) is 10.6. The van der Waals surface area contributed by atoms with Gasteiger partial charge in [0.25, 0.3) is 11.8 Å². The molecule has 0 aliphatic carbocycles. The molecule has 0 bridgehead atoms. The first-order valence-corrected chi connectivity index (χ1v) is 8.05. The Bertz CT molecular complexity index is 781. The second-order valence-corrected chi connectivity index (χ2v) is 6.20. The lowest BCUT2D eigenvalue weighted by Gasteiger charge is -2.10. The van der Waals surface area contributed by atoms with Gasteiger partial charge in [0.05, 0.1) is 5.69 Å². The van der Waals surface area contributed by atoms with Gasteiger partial charge >= 0.3 is 0 Å². The third-order valence-corrected chi connectivity index (χ3v) is 3.80. The largest absolute Gasteiger partial charge is 0.484 e. The monoisotopic (exact) mass is 345 g/mol. The predicted molar refractivity (Wildman–Crippen MR) is 92.3 cm³/mol. The molecule has 134 valence electrons. The van der Waals surface area contributed by atoms with Crippen LogP contribution in [0.25, 0.3) is 0 Å². The van der Waals surface area contributed by atoms with Gasteiger partial charge in [0.15, 0.2) is 12.4 Å². The zero-order valence-electron chi connectivity index (χ0n) is 15.1. The van der Waals surface area contributed by atoms with Gasteiger partial charge in [0.1, 0.15) is 11.3 Å². The van der Waals surface area contributed by atoms with E-state index in [0.717, 1.165) is 11.1 Å². The topological polar surface area (TPSA) is 93.5 Å². The van der Waals surface area contributed by atoms with Crippen LogP contribution in [0.1, 0.15) is 52.7 Å². The minimum absolute atomic E-state index is 0.00534. The lowest BCUT2D eigenvalue weighted by molar-refractivity contribution is -0.123. The first-order valence-electron chi connectivity index (χ1n) is 8.05. The molecule has 0 aliphatic rings. The smallest absolute Gasteiger partial charge is 0.276 e. The van der Waals surface area contributed by atoms with Crippen molar-refractivity contribution in [1.82, 2.24) is 16.0 Å². The summed E-state index contributed by atoms with van der Waals surface area (Å²) in [7, 11) is 0. The first kappa shape index (κ1) is 18.5. The van der Waals surface area contributed by atoms with Crippen LogP contribution in [-0.4, -0.2) is 23.6 Å². The second kappa shape index (κ2) is 7.83. The molecule has 0 saturated heterocycles. The Morgan fingerprint density at radius 3 is 2.52 bits per heavy atom. The zero-order valence-corrected chi connectivity index (χ0v) is 15.1. The molecular weight excluding hydrogens is 322 g/mol. The lowest BCUT2D eigenvalue weighted by Crippen LogP contribution is -2.44. The molecule has 0 spiro atoms. The van der Waals surface area contributed by atoms with Crippen molar-refractivity contribution in [3.05, 3.63) is 46.3 Å². The Morgan fingerprint density at radius 1 is 1.16 bits per heavy atom. The lowest BCUT2D eigenvalue weighted by atomic mass is 10.1. The number of ether oxygens (including phenoxy) is 1. The molecule has 0 unspecified atom stereocenters. The Kier molecular flexibility index (Phi) is 5.80. The van der Waals surface area contributed by atoms with Crippen LogP contribution < -0.4 is 15.6 Å². The number of hydrazine groups is 1. The zero-order chi connectivity index (χ0) is 18.6. The molecule has 1 aromatic heterocycles. The summed E-state index contributed by atoms with van der Waals surface area (Å²) in [4.78, 5) is 24.1. The van der Waals surface area contributed by atoms with E-state index < -0.39 is 11.8 Å². The fraction of sp³-hybridized carbons (Fsp3) is 0.389. The Balaban J connectivity index is 1.88. The standard InChI is InChI=1S/C18H23N3O4/c1-10(2)17-16(13(5)21-25-17)18(23)20-19-15(22)9-24-14-7-6-11(3)12(4)8-14/h6-8,10H,9H2,1-5H3,(H,19,22)(H,20,23). The molecule has 25 heavy (non-hydrogen) atoms. The molecule has 1 aromatic carbocycles. The van der Waals surface area contributed by atoms with E-state index >= 15 is 0 Å². The minimum Gasteiger partial charge on any atom is -0.484 e. The molecule has 0 atom stereocenters. The molecule has 1 heterocycles. The van der Waals surface area contributed by atoms with E-state index in [0.29, 0.717) is 22.8 Å². The molecule has 2 rings (SSSR count). The summed E-state index contributed by atoms with van der Waals surface area (Å²) >= 11 is 0. The van der Waals surface area contributed by atoms with Crippen LogP contribution in [0.3, 0.4) is 0 Å². The van der Waals surface area contributed by atoms with Crippen molar-refractivity contribution < 1.29 is 18.8 Å². The fourth-order valence-electron chi connectivity index (χ4n) is 2.24. The molecule has 7 nitrogen and oxygen atoms in total. The van der Waals surface area contributed by atoms with Crippen molar-refractivity contribution in [2.45, 2.75) is 40.5 Å². The van der Waals surface area contributed by atoms with Crippen LogP contribution in [0, 0.1) is 20.8 Å². The van der Waals surface area contributed by atoms with Gasteiger partial charge in [0.2, 0.25) is 0 Å². The van der Waals surface area contributed by atoms with E-state index in [1.54, 1.807) is 13.0 Å². The number of hydrogen-bond donors (Lipinski definition) is 2. The highest BCUT2D eigenvalue weighted by atomic mass is 16.5. The summed E-state index contributed by atoms with van der Waals surface area (Å²) in [5.74, 6) is 0.150. The van der Waals surface area contributed by atoms with Crippen molar-refractivity contribution >= 4 is 11.8 Å². The van der Waals surface area contributed by atoms with Gasteiger partial charge in [0, 0.05) is 5.92 Å². The number of nitrogens with zero attached hydrogens (tertiary/aromatic N) is 1. The van der Waals surface area contributed by atoms with Crippen LogP contribution in [0.2, 0.25) is 0 Å². The predicted octanol–water partition coefficient (Wildman–Crippen LogP) is 2.56.